The van der Waals surface area contributed by atoms with Gasteiger partial charge in [0.2, 0.25) is 0 Å². The molecule has 1 unspecified atom stereocenters. The number of carbonyl (C=O) groups is 2. The minimum Gasteiger partial charge on any atom is -0.492 e. The predicted molar refractivity (Wildman–Crippen MR) is 78.0 cm³/mol. The number of nitrogens with zero attached hydrogens (tertiary/aromatic N) is 1. The molecule has 0 fully saturated rings. The van der Waals surface area contributed by atoms with Gasteiger partial charge < -0.3 is 14.4 Å². The van der Waals surface area contributed by atoms with Crippen LogP contribution in [-0.2, 0) is 20.7 Å². The zero-order valence-corrected chi connectivity index (χ0v) is 12.5. The van der Waals surface area contributed by atoms with Crippen LogP contribution in [-0.4, -0.2) is 43.1 Å². The maximum atomic E-state index is 12.0. The van der Waals surface area contributed by atoms with Gasteiger partial charge in [-0.15, -0.1) is 0 Å². The predicted octanol–water partition coefficient (Wildman–Crippen LogP) is 1.65. The molecule has 5 nitrogen and oxygen atoms in total. The molecule has 0 bridgehead atoms. The number of benzene rings is 1. The molecule has 0 saturated heterocycles. The SMILES string of the molecule is CCN(CC)C(=O)COC(=O)C1COc2ccccc2C1. The van der Waals surface area contributed by atoms with Gasteiger partial charge in [-0.3, -0.25) is 9.59 Å². The number of amides is 1. The van der Waals surface area contributed by atoms with Crippen LogP contribution in [0.25, 0.3) is 0 Å². The van der Waals surface area contributed by atoms with Crippen LogP contribution in [0.2, 0.25) is 0 Å². The second-order valence-electron chi connectivity index (χ2n) is 4.99. The Morgan fingerprint density at radius 3 is 2.71 bits per heavy atom. The van der Waals surface area contributed by atoms with Gasteiger partial charge in [0.05, 0.1) is 5.92 Å². The van der Waals surface area contributed by atoms with E-state index in [9.17, 15) is 9.59 Å². The molecule has 1 atom stereocenters. The van der Waals surface area contributed by atoms with E-state index < -0.39 is 0 Å². The fourth-order valence-electron chi connectivity index (χ4n) is 2.40. The van der Waals surface area contributed by atoms with Gasteiger partial charge in [0.25, 0.3) is 5.91 Å². The Labute approximate surface area is 124 Å². The smallest absolute Gasteiger partial charge is 0.313 e. The van der Waals surface area contributed by atoms with Crippen LogP contribution >= 0.6 is 0 Å². The Kier molecular flexibility index (Phi) is 5.20. The summed E-state index contributed by atoms with van der Waals surface area (Å²) in [5.41, 5.74) is 1.00. The monoisotopic (exact) mass is 291 g/mol. The lowest BCUT2D eigenvalue weighted by Gasteiger charge is -2.24. The lowest BCUT2D eigenvalue weighted by Crippen LogP contribution is -2.36. The van der Waals surface area contributed by atoms with E-state index in [0.717, 1.165) is 11.3 Å². The number of hydrogen-bond acceptors (Lipinski definition) is 4. The number of para-hydroxylation sites is 1. The molecule has 0 aliphatic carbocycles. The van der Waals surface area contributed by atoms with Gasteiger partial charge in [0.1, 0.15) is 12.4 Å². The standard InChI is InChI=1S/C16H21NO4/c1-3-17(4-2)15(18)11-21-16(19)13-9-12-7-5-6-8-14(12)20-10-13/h5-8,13H,3-4,9-11H2,1-2H3. The number of hydrogen-bond donors (Lipinski definition) is 0. The third-order valence-electron chi connectivity index (χ3n) is 3.67. The highest BCUT2D eigenvalue weighted by atomic mass is 16.5. The summed E-state index contributed by atoms with van der Waals surface area (Å²) in [6.07, 6.45) is 0.592. The lowest BCUT2D eigenvalue weighted by molar-refractivity contribution is -0.156. The first-order valence-electron chi connectivity index (χ1n) is 7.30. The molecule has 1 aliphatic heterocycles. The Morgan fingerprint density at radius 1 is 1.29 bits per heavy atom. The molecule has 1 amide bonds. The molecule has 0 spiro atoms. The number of esters is 1. The molecular formula is C16H21NO4. The fourth-order valence-corrected chi connectivity index (χ4v) is 2.40. The average Bonchev–Trinajstić information content (AvgIpc) is 2.53. The summed E-state index contributed by atoms with van der Waals surface area (Å²) < 4.78 is 10.7. The van der Waals surface area contributed by atoms with Gasteiger partial charge in [-0.1, -0.05) is 18.2 Å². The Balaban J connectivity index is 1.86. The molecule has 21 heavy (non-hydrogen) atoms. The van der Waals surface area contributed by atoms with Crippen molar-refractivity contribution in [2.75, 3.05) is 26.3 Å². The zero-order chi connectivity index (χ0) is 15.2. The van der Waals surface area contributed by atoms with Crippen LogP contribution in [0.4, 0.5) is 0 Å². The van der Waals surface area contributed by atoms with E-state index in [1.807, 2.05) is 38.1 Å². The highest BCUT2D eigenvalue weighted by Crippen LogP contribution is 2.27. The Bertz CT molecular complexity index is 511. The minimum absolute atomic E-state index is 0.162. The number of ether oxygens (including phenoxy) is 2. The minimum atomic E-state index is -0.370. The van der Waals surface area contributed by atoms with Crippen molar-refractivity contribution < 1.29 is 19.1 Å². The molecule has 0 aromatic heterocycles. The second kappa shape index (κ2) is 7.11. The maximum Gasteiger partial charge on any atom is 0.313 e. The van der Waals surface area contributed by atoms with Crippen molar-refractivity contribution in [3.8, 4) is 5.75 Å². The number of fused-ring (bicyclic) bond motifs is 1. The van der Waals surface area contributed by atoms with Gasteiger partial charge in [0.15, 0.2) is 6.61 Å². The number of rotatable bonds is 5. The number of carbonyl (C=O) groups excluding carboxylic acids is 2. The van der Waals surface area contributed by atoms with Crippen LogP contribution in [0.1, 0.15) is 19.4 Å². The van der Waals surface area contributed by atoms with Crippen molar-refractivity contribution >= 4 is 11.9 Å². The molecule has 1 aromatic rings. The molecule has 1 aliphatic rings. The van der Waals surface area contributed by atoms with E-state index in [2.05, 4.69) is 0 Å². The van der Waals surface area contributed by atoms with Crippen LogP contribution in [0.3, 0.4) is 0 Å². The van der Waals surface area contributed by atoms with E-state index in [1.165, 1.54) is 0 Å². The van der Waals surface area contributed by atoms with Crippen LogP contribution in [0.15, 0.2) is 24.3 Å². The maximum absolute atomic E-state index is 12.0. The van der Waals surface area contributed by atoms with Gasteiger partial charge in [-0.05, 0) is 31.9 Å². The molecule has 2 rings (SSSR count). The van der Waals surface area contributed by atoms with E-state index >= 15 is 0 Å². The molecule has 0 radical (unpaired) electrons. The summed E-state index contributed by atoms with van der Waals surface area (Å²) in [5.74, 6) is -0.0549. The van der Waals surface area contributed by atoms with Gasteiger partial charge in [-0.2, -0.15) is 0 Å². The normalized spacial score (nSPS) is 16.6. The molecule has 1 heterocycles. The first-order valence-corrected chi connectivity index (χ1v) is 7.30. The third kappa shape index (κ3) is 3.74. The summed E-state index contributed by atoms with van der Waals surface area (Å²) >= 11 is 0. The summed E-state index contributed by atoms with van der Waals surface area (Å²) in [6.45, 7) is 5.14. The quantitative estimate of drug-likeness (QED) is 0.774. The van der Waals surface area contributed by atoms with Crippen molar-refractivity contribution in [3.63, 3.8) is 0 Å². The third-order valence-corrected chi connectivity index (χ3v) is 3.67. The molecule has 114 valence electrons. The molecular weight excluding hydrogens is 270 g/mol. The van der Waals surface area contributed by atoms with E-state index in [1.54, 1.807) is 4.90 Å². The van der Waals surface area contributed by atoms with Gasteiger partial charge in [-0.25, -0.2) is 0 Å². The largest absolute Gasteiger partial charge is 0.492 e. The van der Waals surface area contributed by atoms with Crippen molar-refractivity contribution in [2.45, 2.75) is 20.3 Å². The lowest BCUT2D eigenvalue weighted by atomic mass is 9.97. The Hall–Kier alpha value is -2.04. The fraction of sp³-hybridized carbons (Fsp3) is 0.500. The summed E-state index contributed by atoms with van der Waals surface area (Å²) in [7, 11) is 0. The number of likely N-dealkylation sites (N-methyl/N-ethyl adjacent to an activating group) is 1. The van der Waals surface area contributed by atoms with Crippen LogP contribution < -0.4 is 4.74 Å². The van der Waals surface area contributed by atoms with E-state index in [4.69, 9.17) is 9.47 Å². The summed E-state index contributed by atoms with van der Waals surface area (Å²) in [6, 6.07) is 7.65. The zero-order valence-electron chi connectivity index (χ0n) is 12.5. The van der Waals surface area contributed by atoms with E-state index in [0.29, 0.717) is 26.1 Å². The topological polar surface area (TPSA) is 55.8 Å². The van der Waals surface area contributed by atoms with E-state index in [-0.39, 0.29) is 24.4 Å². The average molecular weight is 291 g/mol. The van der Waals surface area contributed by atoms with Crippen molar-refractivity contribution in [1.29, 1.82) is 0 Å². The summed E-state index contributed by atoms with van der Waals surface area (Å²) in [5, 5.41) is 0. The van der Waals surface area contributed by atoms with Crippen LogP contribution in [0.5, 0.6) is 5.75 Å². The molecule has 1 aromatic carbocycles. The highest BCUT2D eigenvalue weighted by molar-refractivity contribution is 5.81. The van der Waals surface area contributed by atoms with Crippen molar-refractivity contribution in [1.82, 2.24) is 4.90 Å². The second-order valence-corrected chi connectivity index (χ2v) is 4.99. The molecule has 5 heteroatoms. The summed E-state index contributed by atoms with van der Waals surface area (Å²) in [4.78, 5) is 25.5. The van der Waals surface area contributed by atoms with Crippen LogP contribution in [0, 0.1) is 5.92 Å². The molecule has 0 N–H and O–H groups in total. The Morgan fingerprint density at radius 2 is 2.00 bits per heavy atom. The first-order chi connectivity index (χ1) is 10.2. The first kappa shape index (κ1) is 15.4. The molecule has 0 saturated carbocycles. The van der Waals surface area contributed by atoms with Crippen molar-refractivity contribution in [2.24, 2.45) is 5.92 Å². The van der Waals surface area contributed by atoms with Gasteiger partial charge >= 0.3 is 5.97 Å². The highest BCUT2D eigenvalue weighted by Gasteiger charge is 2.27. The van der Waals surface area contributed by atoms with Crippen molar-refractivity contribution in [3.05, 3.63) is 29.8 Å². The van der Waals surface area contributed by atoms with Gasteiger partial charge in [0, 0.05) is 13.1 Å².